The molecular weight excluding hydrogens is 172 g/mol. The zero-order chi connectivity index (χ0) is 9.19. The Hall–Kier alpha value is -0.890. The first kappa shape index (κ1) is 9.20. The fraction of sp³-hybridized carbons (Fsp3) is 0.375. The number of aliphatic hydroxyl groups is 1. The van der Waals surface area contributed by atoms with E-state index in [0.29, 0.717) is 4.88 Å². The second-order valence-corrected chi connectivity index (χ2v) is 3.80. The van der Waals surface area contributed by atoms with Gasteiger partial charge in [-0.2, -0.15) is 5.26 Å². The van der Waals surface area contributed by atoms with Crippen LogP contribution in [0.15, 0.2) is 11.4 Å². The van der Waals surface area contributed by atoms with E-state index in [1.165, 1.54) is 11.3 Å². The first-order valence-corrected chi connectivity index (χ1v) is 4.37. The van der Waals surface area contributed by atoms with E-state index in [1.54, 1.807) is 18.4 Å². The van der Waals surface area contributed by atoms with E-state index in [4.69, 9.17) is 16.1 Å². The van der Waals surface area contributed by atoms with Crippen LogP contribution in [0.1, 0.15) is 17.4 Å². The summed E-state index contributed by atoms with van der Waals surface area (Å²) in [6.07, 6.45) is 0. The van der Waals surface area contributed by atoms with Crippen LogP contribution in [0.3, 0.4) is 0 Å². The maximum absolute atomic E-state index is 8.93. The van der Waals surface area contributed by atoms with Crippen LogP contribution in [-0.4, -0.2) is 11.7 Å². The summed E-state index contributed by atoms with van der Waals surface area (Å²) in [5, 5.41) is 19.3. The summed E-state index contributed by atoms with van der Waals surface area (Å²) in [5.41, 5.74) is 5.83. The van der Waals surface area contributed by atoms with Crippen molar-refractivity contribution >= 4 is 11.3 Å². The second-order valence-electron chi connectivity index (χ2n) is 2.89. The molecule has 0 aliphatic carbocycles. The van der Waals surface area contributed by atoms with Gasteiger partial charge in [0.2, 0.25) is 0 Å². The Labute approximate surface area is 75.1 Å². The van der Waals surface area contributed by atoms with Crippen molar-refractivity contribution in [3.63, 3.8) is 0 Å². The minimum atomic E-state index is -0.731. The molecule has 3 N–H and O–H groups in total. The average molecular weight is 182 g/mol. The molecular formula is C8H10N2OS. The molecule has 1 heterocycles. The number of aliphatic hydroxyl groups excluding tert-OH is 1. The lowest BCUT2D eigenvalue weighted by atomic mass is 9.97. The topological polar surface area (TPSA) is 70.0 Å². The number of thiophene rings is 1. The van der Waals surface area contributed by atoms with Gasteiger partial charge in [-0.15, -0.1) is 11.3 Å². The van der Waals surface area contributed by atoms with Crippen LogP contribution in [0, 0.1) is 11.3 Å². The molecule has 0 saturated heterocycles. The van der Waals surface area contributed by atoms with Gasteiger partial charge in [0, 0.05) is 0 Å². The van der Waals surface area contributed by atoms with Crippen molar-refractivity contribution in [2.24, 2.45) is 5.73 Å². The highest BCUT2D eigenvalue weighted by Crippen LogP contribution is 2.22. The first-order valence-electron chi connectivity index (χ1n) is 3.49. The zero-order valence-electron chi connectivity index (χ0n) is 6.74. The van der Waals surface area contributed by atoms with E-state index in [0.717, 1.165) is 5.56 Å². The van der Waals surface area contributed by atoms with Crippen LogP contribution in [-0.2, 0) is 5.54 Å². The van der Waals surface area contributed by atoms with Crippen LogP contribution in [0.25, 0.3) is 0 Å². The lowest BCUT2D eigenvalue weighted by molar-refractivity contribution is 0.210. The van der Waals surface area contributed by atoms with Crippen molar-refractivity contribution in [1.82, 2.24) is 0 Å². The Morgan fingerprint density at radius 1 is 1.83 bits per heavy atom. The van der Waals surface area contributed by atoms with Crippen LogP contribution >= 0.6 is 11.3 Å². The monoisotopic (exact) mass is 182 g/mol. The Morgan fingerprint density at radius 2 is 2.50 bits per heavy atom. The van der Waals surface area contributed by atoms with E-state index in [1.807, 2.05) is 6.07 Å². The van der Waals surface area contributed by atoms with E-state index < -0.39 is 5.54 Å². The van der Waals surface area contributed by atoms with E-state index in [9.17, 15) is 0 Å². The molecule has 0 aliphatic rings. The van der Waals surface area contributed by atoms with Crippen LogP contribution in [0.4, 0.5) is 0 Å². The number of hydrogen-bond acceptors (Lipinski definition) is 4. The normalized spacial score (nSPS) is 15.2. The summed E-state index contributed by atoms with van der Waals surface area (Å²) in [7, 11) is 0. The van der Waals surface area contributed by atoms with Gasteiger partial charge < -0.3 is 10.8 Å². The Morgan fingerprint density at radius 3 is 2.92 bits per heavy atom. The highest BCUT2D eigenvalue weighted by atomic mass is 32.1. The number of nitrogens with zero attached hydrogens (tertiary/aromatic N) is 1. The molecule has 0 fully saturated rings. The van der Waals surface area contributed by atoms with Crippen molar-refractivity contribution in [3.05, 3.63) is 21.9 Å². The molecule has 12 heavy (non-hydrogen) atoms. The van der Waals surface area contributed by atoms with Gasteiger partial charge in [0.15, 0.2) is 0 Å². The summed E-state index contributed by atoms with van der Waals surface area (Å²) in [4.78, 5) is 0.620. The molecule has 1 atom stereocenters. The first-order chi connectivity index (χ1) is 5.60. The predicted octanol–water partition coefficient (Wildman–Crippen LogP) is 0.786. The lowest BCUT2D eigenvalue weighted by Crippen LogP contribution is -2.36. The highest BCUT2D eigenvalue weighted by molar-refractivity contribution is 7.10. The second kappa shape index (κ2) is 3.23. The molecule has 0 radical (unpaired) electrons. The van der Waals surface area contributed by atoms with Crippen LogP contribution in [0.5, 0.6) is 0 Å². The molecule has 0 bridgehead atoms. The van der Waals surface area contributed by atoms with Crippen molar-refractivity contribution in [1.29, 1.82) is 5.26 Å². The van der Waals surface area contributed by atoms with Crippen molar-refractivity contribution in [3.8, 4) is 6.07 Å². The molecule has 0 spiro atoms. The summed E-state index contributed by atoms with van der Waals surface area (Å²) in [6, 6.07) is 3.73. The van der Waals surface area contributed by atoms with Gasteiger partial charge in [-0.1, -0.05) is 0 Å². The Balaban J connectivity index is 2.98. The molecule has 3 nitrogen and oxygen atoms in total. The fourth-order valence-corrected chi connectivity index (χ4v) is 1.62. The summed E-state index contributed by atoms with van der Waals surface area (Å²) >= 11 is 1.34. The number of nitrogens with two attached hydrogens (primary N) is 1. The molecule has 64 valence electrons. The molecule has 0 aliphatic heterocycles. The summed E-state index contributed by atoms with van der Waals surface area (Å²) in [6.45, 7) is 1.62. The van der Waals surface area contributed by atoms with Gasteiger partial charge >= 0.3 is 0 Å². The van der Waals surface area contributed by atoms with Gasteiger partial charge in [0.05, 0.1) is 12.1 Å². The number of nitriles is 1. The molecule has 1 aromatic heterocycles. The maximum atomic E-state index is 8.93. The van der Waals surface area contributed by atoms with E-state index in [2.05, 4.69) is 0 Å². The Kier molecular flexibility index (Phi) is 2.48. The quantitative estimate of drug-likeness (QED) is 0.710. The minimum Gasteiger partial charge on any atom is -0.394 e. The fourth-order valence-electron chi connectivity index (χ4n) is 0.786. The van der Waals surface area contributed by atoms with E-state index >= 15 is 0 Å². The SMILES string of the molecule is C[C@@](N)(CO)c1csc(C#N)c1. The number of hydrogen-bond donors (Lipinski definition) is 2. The van der Waals surface area contributed by atoms with Gasteiger partial charge in [-0.05, 0) is 23.9 Å². The van der Waals surface area contributed by atoms with Gasteiger partial charge in [0.1, 0.15) is 10.9 Å². The molecule has 0 aromatic carbocycles. The molecule has 1 aromatic rings. The Bertz CT molecular complexity index is 311. The van der Waals surface area contributed by atoms with Gasteiger partial charge in [-0.25, -0.2) is 0 Å². The molecule has 0 amide bonds. The molecule has 0 saturated carbocycles. The maximum Gasteiger partial charge on any atom is 0.110 e. The summed E-state index contributed by atoms with van der Waals surface area (Å²) < 4.78 is 0. The predicted molar refractivity (Wildman–Crippen MR) is 47.7 cm³/mol. The van der Waals surface area contributed by atoms with Crippen molar-refractivity contribution in [2.75, 3.05) is 6.61 Å². The molecule has 4 heteroatoms. The molecule has 0 unspecified atom stereocenters. The van der Waals surface area contributed by atoms with Gasteiger partial charge in [0.25, 0.3) is 0 Å². The van der Waals surface area contributed by atoms with Crippen LogP contribution < -0.4 is 5.73 Å². The summed E-state index contributed by atoms with van der Waals surface area (Å²) in [5.74, 6) is 0. The largest absolute Gasteiger partial charge is 0.394 e. The third-order valence-electron chi connectivity index (χ3n) is 1.70. The van der Waals surface area contributed by atoms with Crippen molar-refractivity contribution < 1.29 is 5.11 Å². The minimum absolute atomic E-state index is 0.116. The molecule has 1 rings (SSSR count). The standard InChI is InChI=1S/C8H10N2OS/c1-8(10,5-11)6-2-7(3-9)12-4-6/h2,4,11H,5,10H2,1H3/t8-/m1/s1. The third-order valence-corrected chi connectivity index (χ3v) is 2.53. The van der Waals surface area contributed by atoms with Gasteiger partial charge in [-0.3, -0.25) is 0 Å². The van der Waals surface area contributed by atoms with E-state index in [-0.39, 0.29) is 6.61 Å². The lowest BCUT2D eigenvalue weighted by Gasteiger charge is -2.19. The number of rotatable bonds is 2. The van der Waals surface area contributed by atoms with Crippen LogP contribution in [0.2, 0.25) is 0 Å². The highest BCUT2D eigenvalue weighted by Gasteiger charge is 2.21. The van der Waals surface area contributed by atoms with Crippen molar-refractivity contribution in [2.45, 2.75) is 12.5 Å². The zero-order valence-corrected chi connectivity index (χ0v) is 7.56. The average Bonchev–Trinajstić information content (AvgIpc) is 2.52. The third kappa shape index (κ3) is 1.64. The smallest absolute Gasteiger partial charge is 0.110 e.